The molecule has 0 atom stereocenters. The largest absolute Gasteiger partial charge is 0.490 e. The predicted molar refractivity (Wildman–Crippen MR) is 78.7 cm³/mol. The van der Waals surface area contributed by atoms with Crippen LogP contribution in [0.2, 0.25) is 0 Å². The minimum atomic E-state index is -3.13. The van der Waals surface area contributed by atoms with Gasteiger partial charge in [0, 0.05) is 19.6 Å². The van der Waals surface area contributed by atoms with Crippen molar-refractivity contribution in [2.45, 2.75) is 13.3 Å². The number of hydrogen-bond acceptors (Lipinski definition) is 7. The zero-order valence-electron chi connectivity index (χ0n) is 11.9. The van der Waals surface area contributed by atoms with Gasteiger partial charge in [-0.1, -0.05) is 0 Å². The van der Waals surface area contributed by atoms with Crippen molar-refractivity contribution < 1.29 is 13.2 Å². The molecule has 1 aromatic heterocycles. The van der Waals surface area contributed by atoms with Gasteiger partial charge in [0.2, 0.25) is 15.8 Å². The number of anilines is 2. The number of hydrogen-bond donors (Lipinski definition) is 3. The molecule has 9 heteroatoms. The molecule has 114 valence electrons. The molecule has 0 fully saturated rings. The summed E-state index contributed by atoms with van der Waals surface area (Å²) in [5.74, 6) is 1.75. The van der Waals surface area contributed by atoms with Gasteiger partial charge in [0.15, 0.2) is 11.6 Å². The summed E-state index contributed by atoms with van der Waals surface area (Å²) in [4.78, 5) is 8.21. The van der Waals surface area contributed by atoms with E-state index < -0.39 is 10.0 Å². The summed E-state index contributed by atoms with van der Waals surface area (Å²) in [5.41, 5.74) is 0. The maximum absolute atomic E-state index is 10.9. The number of nitrogens with one attached hydrogen (secondary N) is 3. The second-order valence-corrected chi connectivity index (χ2v) is 5.91. The van der Waals surface area contributed by atoms with E-state index in [9.17, 15) is 8.42 Å². The monoisotopic (exact) mass is 303 g/mol. The molecule has 1 aromatic rings. The van der Waals surface area contributed by atoms with Crippen LogP contribution in [-0.2, 0) is 10.0 Å². The van der Waals surface area contributed by atoms with Crippen molar-refractivity contribution in [2.24, 2.45) is 0 Å². The van der Waals surface area contributed by atoms with Crippen LogP contribution < -0.4 is 20.1 Å². The van der Waals surface area contributed by atoms with Gasteiger partial charge in [0.1, 0.15) is 6.33 Å². The lowest BCUT2D eigenvalue weighted by Gasteiger charge is -2.13. The highest BCUT2D eigenvalue weighted by Gasteiger charge is 2.10. The Morgan fingerprint density at radius 2 is 1.85 bits per heavy atom. The predicted octanol–water partition coefficient (Wildman–Crippen LogP) is 0.268. The molecule has 0 unspecified atom stereocenters. The first kappa shape index (κ1) is 16.4. The van der Waals surface area contributed by atoms with Crippen LogP contribution in [0.15, 0.2) is 6.33 Å². The minimum absolute atomic E-state index is 0.374. The molecule has 20 heavy (non-hydrogen) atoms. The number of aromatic nitrogens is 2. The third-order valence-corrected chi connectivity index (χ3v) is 3.09. The first-order chi connectivity index (χ1) is 9.48. The second-order valence-electron chi connectivity index (χ2n) is 4.08. The fraction of sp³-hybridized carbons (Fsp3) is 0.636. The summed E-state index contributed by atoms with van der Waals surface area (Å²) in [6, 6.07) is 0. The fourth-order valence-electron chi connectivity index (χ4n) is 1.54. The Kier molecular flexibility index (Phi) is 6.46. The standard InChI is InChI=1S/C11H21N5O3S/c1-4-12-10-9(19-2)11(15-8-14-10)13-6-5-7-16-20(3,17)18/h8,16H,4-7H2,1-3H3,(H2,12,13,14,15). The van der Waals surface area contributed by atoms with E-state index in [1.807, 2.05) is 6.92 Å². The van der Waals surface area contributed by atoms with Gasteiger partial charge in [-0.3, -0.25) is 0 Å². The van der Waals surface area contributed by atoms with E-state index in [0.29, 0.717) is 36.9 Å². The highest BCUT2D eigenvalue weighted by atomic mass is 32.2. The van der Waals surface area contributed by atoms with Crippen molar-refractivity contribution in [3.05, 3.63) is 6.33 Å². The van der Waals surface area contributed by atoms with Gasteiger partial charge in [-0.2, -0.15) is 0 Å². The van der Waals surface area contributed by atoms with Crippen molar-refractivity contribution in [3.63, 3.8) is 0 Å². The molecule has 8 nitrogen and oxygen atoms in total. The highest BCUT2D eigenvalue weighted by molar-refractivity contribution is 7.88. The minimum Gasteiger partial charge on any atom is -0.490 e. The number of nitrogens with zero attached hydrogens (tertiary/aromatic N) is 2. The first-order valence-electron chi connectivity index (χ1n) is 6.29. The van der Waals surface area contributed by atoms with Gasteiger partial charge in [-0.15, -0.1) is 0 Å². The second kappa shape index (κ2) is 7.85. The number of ether oxygens (including phenoxy) is 1. The number of sulfonamides is 1. The molecule has 0 amide bonds. The average Bonchev–Trinajstić information content (AvgIpc) is 2.37. The molecule has 0 saturated carbocycles. The molecule has 0 spiro atoms. The van der Waals surface area contributed by atoms with Crippen LogP contribution in [-0.4, -0.2) is 51.4 Å². The Morgan fingerprint density at radius 1 is 1.20 bits per heavy atom. The normalized spacial score (nSPS) is 11.2. The van der Waals surface area contributed by atoms with Gasteiger partial charge >= 0.3 is 0 Å². The molecule has 3 N–H and O–H groups in total. The van der Waals surface area contributed by atoms with Crippen LogP contribution in [0.5, 0.6) is 5.75 Å². The van der Waals surface area contributed by atoms with E-state index in [1.54, 1.807) is 7.11 Å². The quantitative estimate of drug-likeness (QED) is 0.562. The summed E-state index contributed by atoms with van der Waals surface area (Å²) in [6.07, 6.45) is 3.21. The smallest absolute Gasteiger partial charge is 0.208 e. The van der Waals surface area contributed by atoms with Gasteiger partial charge in [-0.25, -0.2) is 23.1 Å². The molecule has 1 rings (SSSR count). The molecular formula is C11H21N5O3S. The Morgan fingerprint density at radius 3 is 2.40 bits per heavy atom. The number of rotatable bonds is 9. The highest BCUT2D eigenvalue weighted by Crippen LogP contribution is 2.28. The molecule has 0 bridgehead atoms. The van der Waals surface area contributed by atoms with Crippen molar-refractivity contribution in [1.82, 2.24) is 14.7 Å². The van der Waals surface area contributed by atoms with Crippen molar-refractivity contribution in [1.29, 1.82) is 0 Å². The third kappa shape index (κ3) is 5.57. The zero-order chi connectivity index (χ0) is 15.0. The molecule has 0 aliphatic rings. The van der Waals surface area contributed by atoms with Crippen molar-refractivity contribution in [2.75, 3.05) is 43.6 Å². The average molecular weight is 303 g/mol. The van der Waals surface area contributed by atoms with Crippen LogP contribution in [0, 0.1) is 0 Å². The van der Waals surface area contributed by atoms with Crippen molar-refractivity contribution in [3.8, 4) is 5.75 Å². The Balaban J connectivity index is 2.53. The zero-order valence-corrected chi connectivity index (χ0v) is 12.7. The van der Waals surface area contributed by atoms with Crippen LogP contribution >= 0.6 is 0 Å². The lowest BCUT2D eigenvalue weighted by molar-refractivity contribution is 0.414. The van der Waals surface area contributed by atoms with Gasteiger partial charge in [0.05, 0.1) is 13.4 Å². The Hall–Kier alpha value is -1.61. The van der Waals surface area contributed by atoms with Crippen LogP contribution in [0.25, 0.3) is 0 Å². The summed E-state index contributed by atoms with van der Waals surface area (Å²) in [7, 11) is -1.58. The lowest BCUT2D eigenvalue weighted by Crippen LogP contribution is -2.24. The lowest BCUT2D eigenvalue weighted by atomic mass is 10.4. The number of methoxy groups -OCH3 is 1. The Bertz CT molecular complexity index is 521. The maximum Gasteiger partial charge on any atom is 0.208 e. The molecule has 0 aliphatic heterocycles. The topological polar surface area (TPSA) is 105 Å². The fourth-order valence-corrected chi connectivity index (χ4v) is 2.05. The summed E-state index contributed by atoms with van der Waals surface area (Å²) in [5, 5.41) is 6.18. The van der Waals surface area contributed by atoms with E-state index in [0.717, 1.165) is 12.8 Å². The van der Waals surface area contributed by atoms with E-state index >= 15 is 0 Å². The summed E-state index contributed by atoms with van der Waals surface area (Å²) in [6.45, 7) is 3.64. The van der Waals surface area contributed by atoms with E-state index in [2.05, 4.69) is 25.3 Å². The maximum atomic E-state index is 10.9. The summed E-state index contributed by atoms with van der Waals surface area (Å²) < 4.78 is 29.5. The van der Waals surface area contributed by atoms with Gasteiger partial charge < -0.3 is 15.4 Å². The summed E-state index contributed by atoms with van der Waals surface area (Å²) >= 11 is 0. The molecule has 0 aromatic carbocycles. The molecular weight excluding hydrogens is 282 g/mol. The van der Waals surface area contributed by atoms with Gasteiger partial charge in [-0.05, 0) is 13.3 Å². The molecule has 0 saturated heterocycles. The van der Waals surface area contributed by atoms with Crippen LogP contribution in [0.3, 0.4) is 0 Å². The van der Waals surface area contributed by atoms with E-state index in [-0.39, 0.29) is 0 Å². The van der Waals surface area contributed by atoms with E-state index in [1.165, 1.54) is 6.33 Å². The van der Waals surface area contributed by atoms with Gasteiger partial charge in [0.25, 0.3) is 0 Å². The van der Waals surface area contributed by atoms with Crippen LogP contribution in [0.4, 0.5) is 11.6 Å². The Labute approximate surface area is 119 Å². The first-order valence-corrected chi connectivity index (χ1v) is 8.18. The molecule has 0 radical (unpaired) electrons. The van der Waals surface area contributed by atoms with Crippen LogP contribution in [0.1, 0.15) is 13.3 Å². The SMILES string of the molecule is CCNc1ncnc(NCCCNS(C)(=O)=O)c1OC. The molecule has 0 aliphatic carbocycles. The van der Waals surface area contributed by atoms with Crippen molar-refractivity contribution >= 4 is 21.7 Å². The molecule has 1 heterocycles. The van der Waals surface area contributed by atoms with E-state index in [4.69, 9.17) is 4.74 Å². The third-order valence-electron chi connectivity index (χ3n) is 2.36.